The number of carbonyl (C=O) groups excluding carboxylic acids is 2. The van der Waals surface area contributed by atoms with Crippen LogP contribution in [0, 0.1) is 0 Å². The van der Waals surface area contributed by atoms with Crippen molar-refractivity contribution in [1.29, 1.82) is 0 Å². The van der Waals surface area contributed by atoms with Crippen LogP contribution in [0.4, 0.5) is 10.5 Å². The Labute approximate surface area is 164 Å². The van der Waals surface area contributed by atoms with Crippen LogP contribution in [0.3, 0.4) is 0 Å². The van der Waals surface area contributed by atoms with Gasteiger partial charge in [0, 0.05) is 31.2 Å². The summed E-state index contributed by atoms with van der Waals surface area (Å²) < 4.78 is 5.49. The second-order valence-corrected chi connectivity index (χ2v) is 8.71. The largest absolute Gasteiger partial charge is 0.444 e. The van der Waals surface area contributed by atoms with Gasteiger partial charge in [0.2, 0.25) is 5.91 Å². The lowest BCUT2D eigenvalue weighted by Gasteiger charge is -2.43. The van der Waals surface area contributed by atoms with Crippen LogP contribution in [0.15, 0.2) is 24.4 Å². The number of fused-ring (bicyclic) bond motifs is 1. The summed E-state index contributed by atoms with van der Waals surface area (Å²) in [6.07, 6.45) is 2.64. The van der Waals surface area contributed by atoms with Crippen molar-refractivity contribution in [1.82, 2.24) is 20.0 Å². The molecule has 2 amide bonds. The molecular weight excluding hydrogens is 358 g/mol. The van der Waals surface area contributed by atoms with E-state index in [2.05, 4.69) is 21.2 Å². The number of aromatic nitrogens is 2. The third-order valence-corrected chi connectivity index (χ3v) is 5.59. The Hall–Kier alpha value is -2.77. The third-order valence-electron chi connectivity index (χ3n) is 5.59. The third kappa shape index (κ3) is 3.06. The molecule has 2 aromatic rings. The Bertz CT molecular complexity index is 908. The second kappa shape index (κ2) is 6.39. The molecule has 2 fully saturated rings. The molecule has 8 nitrogen and oxygen atoms in total. The summed E-state index contributed by atoms with van der Waals surface area (Å²) >= 11 is 0. The number of hydrogen-bond acceptors (Lipinski definition) is 5. The Morgan fingerprint density at radius 2 is 1.96 bits per heavy atom. The van der Waals surface area contributed by atoms with Gasteiger partial charge in [-0.2, -0.15) is 5.10 Å². The molecule has 1 spiro atoms. The van der Waals surface area contributed by atoms with Crippen molar-refractivity contribution < 1.29 is 14.3 Å². The standard InChI is InChI=1S/C20H27N5O3/c1-19(2,3)28-18(27)24-9-7-20(8-10-24)17(26)23(4)13-25(20)15-5-6-16-14(11-15)12-21-22-16/h5-6,11-12H,7-10,13H2,1-4H3,(H,21,22). The maximum absolute atomic E-state index is 13.1. The number of nitrogens with zero attached hydrogens (tertiary/aromatic N) is 4. The number of benzene rings is 1. The monoisotopic (exact) mass is 385 g/mol. The fourth-order valence-corrected chi connectivity index (χ4v) is 4.18. The number of amides is 2. The van der Waals surface area contributed by atoms with Crippen LogP contribution >= 0.6 is 0 Å². The van der Waals surface area contributed by atoms with E-state index in [1.54, 1.807) is 16.0 Å². The van der Waals surface area contributed by atoms with E-state index in [4.69, 9.17) is 4.74 Å². The molecule has 0 atom stereocenters. The highest BCUT2D eigenvalue weighted by molar-refractivity contribution is 5.94. The smallest absolute Gasteiger partial charge is 0.410 e. The number of likely N-dealkylation sites (N-methyl/N-ethyl adjacent to an activating group) is 1. The molecular formula is C20H27N5O3. The van der Waals surface area contributed by atoms with Gasteiger partial charge in [-0.05, 0) is 51.8 Å². The highest BCUT2D eigenvalue weighted by atomic mass is 16.6. The maximum Gasteiger partial charge on any atom is 0.410 e. The zero-order valence-corrected chi connectivity index (χ0v) is 16.9. The van der Waals surface area contributed by atoms with Crippen molar-refractivity contribution in [2.24, 2.45) is 0 Å². The van der Waals surface area contributed by atoms with Gasteiger partial charge in [-0.3, -0.25) is 9.89 Å². The number of anilines is 1. The van der Waals surface area contributed by atoms with Crippen LogP contribution < -0.4 is 4.90 Å². The minimum atomic E-state index is -0.620. The molecule has 2 aliphatic rings. The van der Waals surface area contributed by atoms with Gasteiger partial charge in [-0.25, -0.2) is 4.79 Å². The molecule has 2 saturated heterocycles. The van der Waals surface area contributed by atoms with E-state index in [1.807, 2.05) is 40.0 Å². The fraction of sp³-hybridized carbons (Fsp3) is 0.550. The number of ether oxygens (including phenoxy) is 1. The number of likely N-dealkylation sites (tertiary alicyclic amines) is 1. The van der Waals surface area contributed by atoms with Gasteiger partial charge in [0.05, 0.1) is 18.4 Å². The molecule has 0 unspecified atom stereocenters. The lowest BCUT2D eigenvalue weighted by molar-refractivity contribution is -0.132. The van der Waals surface area contributed by atoms with Crippen molar-refractivity contribution in [3.8, 4) is 0 Å². The first-order valence-electron chi connectivity index (χ1n) is 9.64. The number of piperidine rings is 1. The Morgan fingerprint density at radius 1 is 1.25 bits per heavy atom. The second-order valence-electron chi connectivity index (χ2n) is 8.71. The van der Waals surface area contributed by atoms with Gasteiger partial charge in [0.25, 0.3) is 0 Å². The molecule has 0 radical (unpaired) electrons. The Kier molecular flexibility index (Phi) is 4.24. The molecule has 0 aliphatic carbocycles. The summed E-state index contributed by atoms with van der Waals surface area (Å²) in [6, 6.07) is 6.08. The van der Waals surface area contributed by atoms with Crippen LogP contribution in [0.5, 0.6) is 0 Å². The molecule has 1 N–H and O–H groups in total. The van der Waals surface area contributed by atoms with E-state index in [0.717, 1.165) is 16.6 Å². The van der Waals surface area contributed by atoms with Gasteiger partial charge < -0.3 is 19.4 Å². The van der Waals surface area contributed by atoms with Gasteiger partial charge >= 0.3 is 6.09 Å². The fourth-order valence-electron chi connectivity index (χ4n) is 4.18. The lowest BCUT2D eigenvalue weighted by atomic mass is 9.85. The van der Waals surface area contributed by atoms with Gasteiger partial charge in [0.1, 0.15) is 11.1 Å². The quantitative estimate of drug-likeness (QED) is 0.816. The van der Waals surface area contributed by atoms with Crippen molar-refractivity contribution >= 4 is 28.6 Å². The summed E-state index contributed by atoms with van der Waals surface area (Å²) in [5, 5.41) is 8.06. The first-order chi connectivity index (χ1) is 13.2. The molecule has 0 saturated carbocycles. The van der Waals surface area contributed by atoms with Gasteiger partial charge in [-0.1, -0.05) is 0 Å². The minimum Gasteiger partial charge on any atom is -0.444 e. The van der Waals surface area contributed by atoms with E-state index in [1.165, 1.54) is 0 Å². The molecule has 3 heterocycles. The summed E-state index contributed by atoms with van der Waals surface area (Å²) in [7, 11) is 1.83. The topological polar surface area (TPSA) is 81.8 Å². The van der Waals surface area contributed by atoms with Crippen molar-refractivity contribution in [2.75, 3.05) is 31.7 Å². The van der Waals surface area contributed by atoms with Crippen molar-refractivity contribution in [3.63, 3.8) is 0 Å². The predicted molar refractivity (Wildman–Crippen MR) is 106 cm³/mol. The normalized spacial score (nSPS) is 19.7. The van der Waals surface area contributed by atoms with E-state index in [9.17, 15) is 9.59 Å². The molecule has 8 heteroatoms. The van der Waals surface area contributed by atoms with Crippen LogP contribution in [0.1, 0.15) is 33.6 Å². The van der Waals surface area contributed by atoms with E-state index < -0.39 is 11.1 Å². The summed E-state index contributed by atoms with van der Waals surface area (Å²) in [5.41, 5.74) is 0.820. The summed E-state index contributed by atoms with van der Waals surface area (Å²) in [5.74, 6) is 0.114. The highest BCUT2D eigenvalue weighted by Crippen LogP contribution is 2.39. The number of rotatable bonds is 1. The SMILES string of the molecule is CN1CN(c2ccc3[nH]ncc3c2)C2(CCN(C(=O)OC(C)(C)C)CC2)C1=O. The van der Waals surface area contributed by atoms with Gasteiger partial charge in [-0.15, -0.1) is 0 Å². The molecule has 2 aliphatic heterocycles. The number of H-pyrrole nitrogens is 1. The minimum absolute atomic E-state index is 0.114. The van der Waals surface area contributed by atoms with E-state index >= 15 is 0 Å². The van der Waals surface area contributed by atoms with Crippen LogP contribution in [0.2, 0.25) is 0 Å². The summed E-state index contributed by atoms with van der Waals surface area (Å²) in [6.45, 7) is 7.12. The highest BCUT2D eigenvalue weighted by Gasteiger charge is 2.53. The Morgan fingerprint density at radius 3 is 2.64 bits per heavy atom. The molecule has 4 rings (SSSR count). The van der Waals surface area contributed by atoms with Gasteiger partial charge in [0.15, 0.2) is 0 Å². The number of nitrogens with one attached hydrogen (secondary N) is 1. The molecule has 28 heavy (non-hydrogen) atoms. The van der Waals surface area contributed by atoms with Crippen molar-refractivity contribution in [3.05, 3.63) is 24.4 Å². The van der Waals surface area contributed by atoms with E-state index in [-0.39, 0.29) is 12.0 Å². The van der Waals surface area contributed by atoms with E-state index in [0.29, 0.717) is 32.6 Å². The molecule has 1 aromatic carbocycles. The van der Waals surface area contributed by atoms with Crippen LogP contribution in [0.25, 0.3) is 10.9 Å². The van der Waals surface area contributed by atoms with Crippen LogP contribution in [-0.4, -0.2) is 69.9 Å². The van der Waals surface area contributed by atoms with Crippen molar-refractivity contribution in [2.45, 2.75) is 44.8 Å². The first-order valence-corrected chi connectivity index (χ1v) is 9.64. The first kappa shape index (κ1) is 18.6. The van der Waals surface area contributed by atoms with Crippen LogP contribution in [-0.2, 0) is 9.53 Å². The lowest BCUT2D eigenvalue weighted by Crippen LogP contribution is -2.57. The zero-order valence-electron chi connectivity index (χ0n) is 16.9. The number of carbonyl (C=O) groups is 2. The summed E-state index contributed by atoms with van der Waals surface area (Å²) in [4.78, 5) is 31.2. The average molecular weight is 385 g/mol. The molecule has 150 valence electrons. The molecule has 1 aromatic heterocycles. The predicted octanol–water partition coefficient (Wildman–Crippen LogP) is 2.57. The zero-order chi connectivity index (χ0) is 20.1. The average Bonchev–Trinajstić information content (AvgIpc) is 3.19. The Balaban J connectivity index is 1.58. The maximum atomic E-state index is 13.1. The molecule has 0 bridgehead atoms. The number of hydrogen-bond donors (Lipinski definition) is 1. The number of aromatic amines is 1.